The summed E-state index contributed by atoms with van der Waals surface area (Å²) in [6.07, 6.45) is 7.84. The summed E-state index contributed by atoms with van der Waals surface area (Å²) < 4.78 is 36.6. The van der Waals surface area contributed by atoms with E-state index in [2.05, 4.69) is 14.9 Å². The predicted molar refractivity (Wildman–Crippen MR) is 159 cm³/mol. The van der Waals surface area contributed by atoms with Crippen LogP contribution in [-0.4, -0.2) is 98.5 Å². The molecular weight excluding hydrogens is 572 g/mol. The Morgan fingerprint density at radius 3 is 2.37 bits per heavy atom. The molecule has 1 unspecified atom stereocenters. The number of carbonyl (C=O) groups is 2. The van der Waals surface area contributed by atoms with Crippen LogP contribution >= 0.6 is 12.4 Å². The number of piperazine rings is 1. The molecule has 41 heavy (non-hydrogen) atoms. The van der Waals surface area contributed by atoms with E-state index in [1.165, 1.54) is 7.11 Å². The Kier molecular flexibility index (Phi) is 11.2. The number of likely N-dealkylation sites (tertiary alicyclic amines) is 1. The number of carbonyl (C=O) groups excluding carboxylic acids is 2. The van der Waals surface area contributed by atoms with Crippen LogP contribution in [0.15, 0.2) is 18.2 Å². The second-order valence-electron chi connectivity index (χ2n) is 11.3. The van der Waals surface area contributed by atoms with Crippen molar-refractivity contribution >= 4 is 39.9 Å². The smallest absolute Gasteiger partial charge is 0.249 e. The third-order valence-corrected chi connectivity index (χ3v) is 9.18. The highest BCUT2D eigenvalue weighted by molar-refractivity contribution is 7.92. The number of likely N-dealkylation sites (N-methyl/N-ethyl adjacent to an activating group) is 1. The number of hydrogen-bond donors (Lipinski definition) is 3. The predicted octanol–water partition coefficient (Wildman–Crippen LogP) is 2.52. The van der Waals surface area contributed by atoms with Crippen LogP contribution in [0.5, 0.6) is 11.5 Å². The zero-order valence-corrected chi connectivity index (χ0v) is 25.9. The first kappa shape index (κ1) is 33.2. The van der Waals surface area contributed by atoms with Gasteiger partial charge in [0, 0.05) is 25.7 Å². The summed E-state index contributed by atoms with van der Waals surface area (Å²) in [4.78, 5) is 31.1. The number of nitrogens with zero attached hydrogens (tertiary/aromatic N) is 2. The average Bonchev–Trinajstić information content (AvgIpc) is 2.92. The fourth-order valence-corrected chi connectivity index (χ4v) is 6.97. The molecule has 2 aliphatic heterocycles. The van der Waals surface area contributed by atoms with Gasteiger partial charge in [-0.3, -0.25) is 14.3 Å². The minimum Gasteiger partial charge on any atom is -0.493 e. The number of anilines is 1. The van der Waals surface area contributed by atoms with Crippen LogP contribution < -0.4 is 19.5 Å². The number of nitrogens with one attached hydrogen (secondary N) is 2. The van der Waals surface area contributed by atoms with Gasteiger partial charge in [-0.1, -0.05) is 19.3 Å². The molecule has 0 aromatic heterocycles. The molecule has 1 aromatic carbocycles. The van der Waals surface area contributed by atoms with Gasteiger partial charge in [-0.15, -0.1) is 12.4 Å². The van der Waals surface area contributed by atoms with Crippen molar-refractivity contribution in [1.82, 2.24) is 15.1 Å². The monoisotopic (exact) mass is 616 g/mol. The Labute approximate surface area is 249 Å². The van der Waals surface area contributed by atoms with E-state index in [9.17, 15) is 23.1 Å². The van der Waals surface area contributed by atoms with Gasteiger partial charge in [0.25, 0.3) is 0 Å². The number of unbranched alkanes of at least 4 members (excludes halogenated alkanes) is 1. The molecule has 232 valence electrons. The summed E-state index contributed by atoms with van der Waals surface area (Å²) in [7, 11) is -1.87. The van der Waals surface area contributed by atoms with Gasteiger partial charge in [0.05, 0.1) is 31.3 Å². The molecule has 1 aliphatic carbocycles. The van der Waals surface area contributed by atoms with Crippen molar-refractivity contribution in [2.24, 2.45) is 0 Å². The van der Waals surface area contributed by atoms with Crippen molar-refractivity contribution < 1.29 is 32.6 Å². The van der Waals surface area contributed by atoms with Gasteiger partial charge >= 0.3 is 0 Å². The number of hydrogen-bond acceptors (Lipinski definition) is 8. The molecule has 13 heteroatoms. The lowest BCUT2D eigenvalue weighted by atomic mass is 9.74. The maximum Gasteiger partial charge on any atom is 0.249 e. The van der Waals surface area contributed by atoms with Gasteiger partial charge < -0.3 is 29.7 Å². The van der Waals surface area contributed by atoms with Crippen molar-refractivity contribution in [2.75, 3.05) is 50.9 Å². The molecule has 0 radical (unpaired) electrons. The highest BCUT2D eigenvalue weighted by Gasteiger charge is 2.57. The second-order valence-corrected chi connectivity index (χ2v) is 13.1. The zero-order chi connectivity index (χ0) is 29.0. The van der Waals surface area contributed by atoms with Crippen LogP contribution in [0.25, 0.3) is 0 Å². The van der Waals surface area contributed by atoms with Gasteiger partial charge in [0.2, 0.25) is 21.8 Å². The third-order valence-electron chi connectivity index (χ3n) is 8.58. The molecule has 1 atom stereocenters. The van der Waals surface area contributed by atoms with Crippen LogP contribution in [0, 0.1) is 0 Å². The van der Waals surface area contributed by atoms with E-state index >= 15 is 0 Å². The molecule has 1 saturated carbocycles. The van der Waals surface area contributed by atoms with E-state index in [0.717, 1.165) is 58.0 Å². The lowest BCUT2D eigenvalue weighted by molar-refractivity contribution is -0.170. The van der Waals surface area contributed by atoms with Gasteiger partial charge in [-0.25, -0.2) is 8.42 Å². The van der Waals surface area contributed by atoms with Gasteiger partial charge in [0.15, 0.2) is 11.5 Å². The first-order chi connectivity index (χ1) is 19.0. The molecule has 3 fully saturated rings. The minimum atomic E-state index is -3.38. The highest BCUT2D eigenvalue weighted by atomic mass is 35.5. The second kappa shape index (κ2) is 13.8. The van der Waals surface area contributed by atoms with E-state index in [0.29, 0.717) is 56.0 Å². The normalized spacial score (nSPS) is 22.5. The van der Waals surface area contributed by atoms with Crippen molar-refractivity contribution in [1.29, 1.82) is 0 Å². The summed E-state index contributed by atoms with van der Waals surface area (Å²) in [6.45, 7) is 5.14. The number of amides is 2. The SMILES string of the molecule is CCN1C(=O)C(C2(O)CCCCC2)NC(=O)C12CCN(CCCCOc1ccc(NS(C)(=O)=O)cc1OC)CC2.Cl. The number of aliphatic hydroxyl groups is 1. The highest BCUT2D eigenvalue weighted by Crippen LogP contribution is 2.38. The maximum absolute atomic E-state index is 13.5. The minimum absolute atomic E-state index is 0. The van der Waals surface area contributed by atoms with Crippen LogP contribution in [0.2, 0.25) is 0 Å². The topological polar surface area (TPSA) is 138 Å². The summed E-state index contributed by atoms with van der Waals surface area (Å²) >= 11 is 0. The van der Waals surface area contributed by atoms with Gasteiger partial charge in [-0.05, 0) is 64.1 Å². The molecule has 2 heterocycles. The number of methoxy groups -OCH3 is 1. The molecular formula is C28H45ClN4O7S. The first-order valence-electron chi connectivity index (χ1n) is 14.4. The van der Waals surface area contributed by atoms with Crippen LogP contribution in [0.1, 0.15) is 64.7 Å². The number of sulfonamides is 1. The molecule has 1 aromatic rings. The number of benzene rings is 1. The Bertz CT molecular complexity index is 1170. The molecule has 0 bridgehead atoms. The van der Waals surface area contributed by atoms with E-state index in [-0.39, 0.29) is 24.2 Å². The van der Waals surface area contributed by atoms with Crippen molar-refractivity contribution in [3.63, 3.8) is 0 Å². The van der Waals surface area contributed by atoms with Gasteiger partial charge in [0.1, 0.15) is 11.6 Å². The largest absolute Gasteiger partial charge is 0.493 e. The van der Waals surface area contributed by atoms with E-state index in [1.807, 2.05) is 6.92 Å². The van der Waals surface area contributed by atoms with Crippen molar-refractivity contribution in [3.8, 4) is 11.5 Å². The fraction of sp³-hybridized carbons (Fsp3) is 0.714. The van der Waals surface area contributed by atoms with Crippen LogP contribution in [-0.2, 0) is 19.6 Å². The fourth-order valence-electron chi connectivity index (χ4n) is 6.42. The molecule has 4 rings (SSSR count). The number of halogens is 1. The Hall–Kier alpha value is -2.28. The number of piperidine rings is 1. The number of rotatable bonds is 11. The maximum atomic E-state index is 13.5. The lowest BCUT2D eigenvalue weighted by Crippen LogP contribution is -2.76. The van der Waals surface area contributed by atoms with Crippen molar-refractivity contribution in [3.05, 3.63) is 18.2 Å². The molecule has 11 nitrogen and oxygen atoms in total. The molecule has 3 N–H and O–H groups in total. The van der Waals surface area contributed by atoms with E-state index in [4.69, 9.17) is 9.47 Å². The average molecular weight is 617 g/mol. The quantitative estimate of drug-likeness (QED) is 0.323. The van der Waals surface area contributed by atoms with E-state index in [1.54, 1.807) is 23.1 Å². The lowest BCUT2D eigenvalue weighted by Gasteiger charge is -2.54. The molecule has 2 saturated heterocycles. The van der Waals surface area contributed by atoms with E-state index < -0.39 is 27.2 Å². The van der Waals surface area contributed by atoms with Crippen LogP contribution in [0.3, 0.4) is 0 Å². The zero-order valence-electron chi connectivity index (χ0n) is 24.3. The standard InChI is InChI=1S/C28H44N4O7S.ClH/c1-4-32-25(33)24(28(35)12-6-5-7-13-28)29-26(34)27(32)14-17-31(18-15-27)16-8-9-19-39-22-11-10-21(20-23(22)38-2)30-40(3,36)37;/h10-11,20,24,30,35H,4-9,12-19H2,1-3H3,(H,29,34);1H. The Balaban J connectivity index is 0.00000462. The molecule has 3 aliphatic rings. The third kappa shape index (κ3) is 7.57. The summed E-state index contributed by atoms with van der Waals surface area (Å²) in [5.41, 5.74) is -1.59. The summed E-state index contributed by atoms with van der Waals surface area (Å²) in [5.74, 6) is 0.726. The molecule has 2 amide bonds. The summed E-state index contributed by atoms with van der Waals surface area (Å²) in [6, 6.07) is 4.05. The number of ether oxygens (including phenoxy) is 2. The Morgan fingerprint density at radius 2 is 1.76 bits per heavy atom. The summed E-state index contributed by atoms with van der Waals surface area (Å²) in [5, 5.41) is 14.2. The van der Waals surface area contributed by atoms with Crippen molar-refractivity contribution in [2.45, 2.75) is 81.9 Å². The Morgan fingerprint density at radius 1 is 1.07 bits per heavy atom. The first-order valence-corrected chi connectivity index (χ1v) is 16.3. The molecule has 1 spiro atoms. The van der Waals surface area contributed by atoms with Gasteiger partial charge in [-0.2, -0.15) is 0 Å². The van der Waals surface area contributed by atoms with Crippen LogP contribution in [0.4, 0.5) is 5.69 Å².